The molecule has 0 spiro atoms. The van der Waals surface area contributed by atoms with Crippen molar-refractivity contribution in [2.45, 2.75) is 13.8 Å². The first-order valence-electron chi connectivity index (χ1n) is 10.3. The topological polar surface area (TPSA) is 83.2 Å². The van der Waals surface area contributed by atoms with Crippen LogP contribution in [0.5, 0.6) is 11.5 Å². The summed E-state index contributed by atoms with van der Waals surface area (Å²) in [5.74, 6) is -0.677. The van der Waals surface area contributed by atoms with Crippen molar-refractivity contribution in [2.75, 3.05) is 20.3 Å². The molecule has 10 heteroatoms. The van der Waals surface area contributed by atoms with Gasteiger partial charge in [-0.3, -0.25) is 0 Å². The quantitative estimate of drug-likeness (QED) is 0.198. The minimum absolute atomic E-state index is 0.112. The molecule has 0 saturated heterocycles. The zero-order chi connectivity index (χ0) is 24.3. The maximum atomic E-state index is 15.5. The number of halogens is 2. The highest BCUT2D eigenvalue weighted by molar-refractivity contribution is 6.45. The molecule has 2 aromatic rings. The van der Waals surface area contributed by atoms with Gasteiger partial charge in [0, 0.05) is 6.21 Å². The van der Waals surface area contributed by atoms with E-state index in [1.54, 1.807) is 62.4 Å². The van der Waals surface area contributed by atoms with Crippen LogP contribution < -0.4 is 9.47 Å². The van der Waals surface area contributed by atoms with Gasteiger partial charge in [0.25, 0.3) is 11.8 Å². The van der Waals surface area contributed by atoms with Crippen LogP contribution in [0.4, 0.5) is 4.39 Å². The van der Waals surface area contributed by atoms with Crippen molar-refractivity contribution >= 4 is 29.4 Å². The van der Waals surface area contributed by atoms with Crippen molar-refractivity contribution < 1.29 is 28.3 Å². The SMILES string of the molecule is C\C=N/C(Oc1ccccc1Cl)=C(F)\C(=C/C)Oc1ccccc1/C(=N\OC)C1=NOCCO1. The summed E-state index contributed by atoms with van der Waals surface area (Å²) in [4.78, 5) is 14.1. The van der Waals surface area contributed by atoms with Crippen LogP contribution in [0.2, 0.25) is 5.02 Å². The molecular weight excluding hydrogens is 465 g/mol. The number of hydrogen-bond acceptors (Lipinski definition) is 8. The molecule has 1 aliphatic heterocycles. The van der Waals surface area contributed by atoms with E-state index in [1.807, 2.05) is 0 Å². The molecule has 0 amide bonds. The molecule has 0 unspecified atom stereocenters. The van der Waals surface area contributed by atoms with E-state index in [1.165, 1.54) is 19.4 Å². The van der Waals surface area contributed by atoms with Crippen molar-refractivity contribution in [1.29, 1.82) is 0 Å². The van der Waals surface area contributed by atoms with Crippen molar-refractivity contribution in [3.63, 3.8) is 0 Å². The van der Waals surface area contributed by atoms with Gasteiger partial charge in [0.15, 0.2) is 18.1 Å². The molecule has 0 saturated carbocycles. The molecule has 0 atom stereocenters. The van der Waals surface area contributed by atoms with Crippen LogP contribution in [0.1, 0.15) is 19.4 Å². The highest BCUT2D eigenvalue weighted by atomic mass is 35.5. The first-order valence-corrected chi connectivity index (χ1v) is 10.7. The van der Waals surface area contributed by atoms with E-state index in [0.29, 0.717) is 23.8 Å². The molecule has 1 heterocycles. The number of benzene rings is 2. The molecule has 0 fully saturated rings. The number of hydrogen-bond donors (Lipinski definition) is 0. The summed E-state index contributed by atoms with van der Waals surface area (Å²) in [5, 5.41) is 8.19. The number of aliphatic imine (C=N–C) groups is 1. The third-order valence-corrected chi connectivity index (χ3v) is 4.58. The Kier molecular flexibility index (Phi) is 9.04. The molecule has 0 N–H and O–H groups in total. The normalized spacial score (nSPS) is 15.1. The summed E-state index contributed by atoms with van der Waals surface area (Å²) < 4.78 is 32.6. The van der Waals surface area contributed by atoms with Gasteiger partial charge in [-0.05, 0) is 49.3 Å². The molecule has 8 nitrogen and oxygen atoms in total. The lowest BCUT2D eigenvalue weighted by atomic mass is 10.1. The lowest BCUT2D eigenvalue weighted by Crippen LogP contribution is -2.26. The van der Waals surface area contributed by atoms with E-state index < -0.39 is 5.83 Å². The average molecular weight is 488 g/mol. The van der Waals surface area contributed by atoms with Crippen LogP contribution >= 0.6 is 11.6 Å². The summed E-state index contributed by atoms with van der Waals surface area (Å²) >= 11 is 6.15. The fraction of sp³-hybridized carbons (Fsp3) is 0.208. The highest BCUT2D eigenvalue weighted by Gasteiger charge is 2.24. The van der Waals surface area contributed by atoms with Gasteiger partial charge in [0.1, 0.15) is 25.2 Å². The van der Waals surface area contributed by atoms with E-state index >= 15 is 4.39 Å². The maximum Gasteiger partial charge on any atom is 0.280 e. The Balaban J connectivity index is 1.98. The van der Waals surface area contributed by atoms with Crippen molar-refractivity contribution in [3.8, 4) is 11.5 Å². The molecule has 0 bridgehead atoms. The summed E-state index contributed by atoms with van der Waals surface area (Å²) in [5.41, 5.74) is 0.657. The number of ether oxygens (including phenoxy) is 3. The van der Waals surface area contributed by atoms with Crippen LogP contribution in [-0.4, -0.2) is 38.1 Å². The van der Waals surface area contributed by atoms with Gasteiger partial charge < -0.3 is 23.9 Å². The molecule has 0 aromatic heterocycles. The smallest absolute Gasteiger partial charge is 0.280 e. The standard InChI is InChI=1S/C24H23ClFN3O5/c1-4-18(21(26)23(27-5-2)34-20-13-9-7-11-17(20)25)33-19-12-8-6-10-16(19)22(28-30-3)24-29-32-15-14-31-24/h4-13H,14-15H2,1-3H3/b18-4+,23-21-,27-5-,28-22+. The lowest BCUT2D eigenvalue weighted by Gasteiger charge is -2.17. The number of allylic oxidation sites excluding steroid dienone is 2. The zero-order valence-corrected chi connectivity index (χ0v) is 19.6. The van der Waals surface area contributed by atoms with Crippen molar-refractivity contribution in [2.24, 2.45) is 15.3 Å². The molecule has 178 valence electrons. The van der Waals surface area contributed by atoms with Gasteiger partial charge >= 0.3 is 0 Å². The van der Waals surface area contributed by atoms with Crippen molar-refractivity contribution in [3.05, 3.63) is 82.7 Å². The van der Waals surface area contributed by atoms with E-state index in [9.17, 15) is 0 Å². The van der Waals surface area contributed by atoms with Gasteiger partial charge in [-0.2, -0.15) is 4.39 Å². The third kappa shape index (κ3) is 6.14. The number of para-hydroxylation sites is 2. The molecule has 3 rings (SSSR count). The zero-order valence-electron chi connectivity index (χ0n) is 18.8. The fourth-order valence-corrected chi connectivity index (χ4v) is 2.97. The fourth-order valence-electron chi connectivity index (χ4n) is 2.79. The minimum Gasteiger partial charge on any atom is -0.470 e. The van der Waals surface area contributed by atoms with Crippen LogP contribution in [0.3, 0.4) is 0 Å². The largest absolute Gasteiger partial charge is 0.470 e. The molecular formula is C24H23ClFN3O5. The molecule has 2 aromatic carbocycles. The predicted octanol–water partition coefficient (Wildman–Crippen LogP) is 5.64. The lowest BCUT2D eigenvalue weighted by molar-refractivity contribution is 0.0672. The first-order chi connectivity index (χ1) is 16.6. The van der Waals surface area contributed by atoms with Gasteiger partial charge in [-0.25, -0.2) is 4.99 Å². The molecule has 34 heavy (non-hydrogen) atoms. The van der Waals surface area contributed by atoms with E-state index in [4.69, 9.17) is 35.5 Å². The van der Waals surface area contributed by atoms with Crippen LogP contribution in [0.15, 0.2) is 87.4 Å². The molecule has 1 aliphatic rings. The van der Waals surface area contributed by atoms with Crippen LogP contribution in [0, 0.1) is 0 Å². The summed E-state index contributed by atoms with van der Waals surface area (Å²) in [6, 6.07) is 13.5. The Hall–Kier alpha value is -3.85. The summed E-state index contributed by atoms with van der Waals surface area (Å²) in [7, 11) is 1.38. The Morgan fingerprint density at radius 1 is 1.06 bits per heavy atom. The highest BCUT2D eigenvalue weighted by Crippen LogP contribution is 2.30. The van der Waals surface area contributed by atoms with Gasteiger partial charge in [0.05, 0.1) is 10.6 Å². The van der Waals surface area contributed by atoms with Gasteiger partial charge in [-0.15, -0.1) is 0 Å². The monoisotopic (exact) mass is 487 g/mol. The first kappa shape index (κ1) is 24.8. The Labute approximate surface area is 201 Å². The second-order valence-corrected chi connectivity index (χ2v) is 6.90. The van der Waals surface area contributed by atoms with Gasteiger partial charge in [-0.1, -0.05) is 41.0 Å². The minimum atomic E-state index is -0.838. The van der Waals surface area contributed by atoms with Gasteiger partial charge in [0.2, 0.25) is 5.83 Å². The predicted molar refractivity (Wildman–Crippen MR) is 128 cm³/mol. The van der Waals surface area contributed by atoms with E-state index in [2.05, 4.69) is 15.3 Å². The molecule has 0 radical (unpaired) electrons. The van der Waals surface area contributed by atoms with E-state index in [-0.39, 0.29) is 34.8 Å². The second-order valence-electron chi connectivity index (χ2n) is 6.49. The Bertz CT molecular complexity index is 1160. The maximum absolute atomic E-state index is 15.5. The van der Waals surface area contributed by atoms with E-state index in [0.717, 1.165) is 0 Å². The van der Waals surface area contributed by atoms with Crippen LogP contribution in [-0.2, 0) is 14.4 Å². The average Bonchev–Trinajstić information content (AvgIpc) is 2.87. The second kappa shape index (κ2) is 12.4. The molecule has 0 aliphatic carbocycles. The number of oxime groups is 2. The van der Waals surface area contributed by atoms with Crippen molar-refractivity contribution in [1.82, 2.24) is 0 Å². The summed E-state index contributed by atoms with van der Waals surface area (Å²) in [6.45, 7) is 3.86. The Morgan fingerprint density at radius 3 is 2.44 bits per heavy atom. The Morgan fingerprint density at radius 2 is 1.79 bits per heavy atom. The van der Waals surface area contributed by atoms with Crippen LogP contribution in [0.25, 0.3) is 0 Å². The summed E-state index contributed by atoms with van der Waals surface area (Å²) in [6.07, 6.45) is 2.84. The third-order valence-electron chi connectivity index (χ3n) is 4.26. The number of nitrogens with zero attached hydrogens (tertiary/aromatic N) is 3. The number of rotatable bonds is 9.